The molecule has 0 fully saturated rings. The van der Waals surface area contributed by atoms with Crippen molar-refractivity contribution in [3.63, 3.8) is 0 Å². The van der Waals surface area contributed by atoms with Crippen LogP contribution in [0.25, 0.3) is 0 Å². The molecule has 0 bridgehead atoms. The Bertz CT molecular complexity index is 791. The smallest absolute Gasteiger partial charge is 0.271 e. The summed E-state index contributed by atoms with van der Waals surface area (Å²) in [6, 6.07) is 14.8. The maximum Gasteiger partial charge on any atom is 0.271 e. The Kier molecular flexibility index (Phi) is 7.29. The van der Waals surface area contributed by atoms with Gasteiger partial charge in [0.25, 0.3) is 5.91 Å². The lowest BCUT2D eigenvalue weighted by molar-refractivity contribution is -0.116. The Hall–Kier alpha value is -2.95. The maximum atomic E-state index is 12.1. The van der Waals surface area contributed by atoms with Gasteiger partial charge in [0.2, 0.25) is 5.91 Å². The third kappa shape index (κ3) is 6.70. The third-order valence-electron chi connectivity index (χ3n) is 4.01. The molecule has 0 heterocycles. The van der Waals surface area contributed by atoms with Crippen molar-refractivity contribution in [2.45, 2.75) is 40.0 Å². The second-order valence-electron chi connectivity index (χ2n) is 7.24. The number of carbonyl (C=O) groups is 2. The monoisotopic (exact) mass is 365 g/mol. The second-order valence-corrected chi connectivity index (χ2v) is 7.24. The Morgan fingerprint density at radius 3 is 2.15 bits per heavy atom. The Labute approximate surface area is 160 Å². The van der Waals surface area contributed by atoms with Crippen LogP contribution < -0.4 is 10.7 Å². The number of hydrogen-bond acceptors (Lipinski definition) is 3. The molecule has 2 amide bonds. The average molecular weight is 365 g/mol. The maximum absolute atomic E-state index is 12.1. The van der Waals surface area contributed by atoms with Gasteiger partial charge in [0.05, 0.1) is 6.21 Å². The summed E-state index contributed by atoms with van der Waals surface area (Å²) in [5, 5.41) is 6.82. The molecule has 0 atom stereocenters. The Balaban J connectivity index is 1.89. The summed E-state index contributed by atoms with van der Waals surface area (Å²) in [7, 11) is 0. The highest BCUT2D eigenvalue weighted by Gasteiger charge is 2.07. The summed E-state index contributed by atoms with van der Waals surface area (Å²) < 4.78 is 0. The van der Waals surface area contributed by atoms with Gasteiger partial charge in [0.1, 0.15) is 0 Å². The van der Waals surface area contributed by atoms with Crippen molar-refractivity contribution in [3.8, 4) is 0 Å². The van der Waals surface area contributed by atoms with Gasteiger partial charge in [-0.1, -0.05) is 52.0 Å². The highest BCUT2D eigenvalue weighted by Crippen LogP contribution is 2.14. The summed E-state index contributed by atoms with van der Waals surface area (Å²) in [5.41, 5.74) is 5.84. The number of hydrogen-bond donors (Lipinski definition) is 2. The summed E-state index contributed by atoms with van der Waals surface area (Å²) in [4.78, 5) is 23.9. The molecule has 2 aromatic carbocycles. The van der Waals surface area contributed by atoms with Gasteiger partial charge in [-0.05, 0) is 47.2 Å². The lowest BCUT2D eigenvalue weighted by atomic mass is 10.0. The number of hydrazone groups is 1. The second kappa shape index (κ2) is 9.67. The minimum Gasteiger partial charge on any atom is -0.326 e. The van der Waals surface area contributed by atoms with Gasteiger partial charge in [-0.3, -0.25) is 9.59 Å². The number of carbonyl (C=O) groups excluding carboxylic acids is 2. The number of rotatable bonds is 7. The normalized spacial score (nSPS) is 11.2. The number of nitrogens with zero attached hydrogens (tertiary/aromatic N) is 1. The molecule has 0 aliphatic carbocycles. The molecule has 0 unspecified atom stereocenters. The molecule has 0 saturated carbocycles. The van der Waals surface area contributed by atoms with E-state index >= 15 is 0 Å². The van der Waals surface area contributed by atoms with Crippen LogP contribution in [0.5, 0.6) is 0 Å². The summed E-state index contributed by atoms with van der Waals surface area (Å²) in [6.07, 6.45) is 2.08. The van der Waals surface area contributed by atoms with E-state index in [0.717, 1.165) is 5.56 Å². The molecule has 2 rings (SSSR count). The van der Waals surface area contributed by atoms with Crippen LogP contribution in [0.1, 0.15) is 61.5 Å². The van der Waals surface area contributed by atoms with Crippen LogP contribution in [0.4, 0.5) is 5.69 Å². The van der Waals surface area contributed by atoms with E-state index in [1.165, 1.54) is 5.56 Å². The quantitative estimate of drug-likeness (QED) is 0.558. The molecular weight excluding hydrogens is 338 g/mol. The standard InChI is InChI=1S/C22H27N3O2/c1-15(2)13-21(26)24-20-11-9-19(10-12-20)22(27)25-23-14-17-5-7-18(8-6-17)16(3)4/h5-12,14-16H,13H2,1-4H3,(H,24,26)(H,25,27). The molecule has 0 spiro atoms. The van der Waals surface area contributed by atoms with Crippen molar-refractivity contribution in [2.24, 2.45) is 11.0 Å². The van der Waals surface area contributed by atoms with Crippen molar-refractivity contribution in [2.75, 3.05) is 5.32 Å². The zero-order valence-electron chi connectivity index (χ0n) is 16.3. The summed E-state index contributed by atoms with van der Waals surface area (Å²) in [6.45, 7) is 8.27. The van der Waals surface area contributed by atoms with Crippen molar-refractivity contribution < 1.29 is 9.59 Å². The van der Waals surface area contributed by atoms with Gasteiger partial charge in [0.15, 0.2) is 0 Å². The van der Waals surface area contributed by atoms with E-state index in [4.69, 9.17) is 0 Å². The van der Waals surface area contributed by atoms with Crippen LogP contribution in [-0.4, -0.2) is 18.0 Å². The van der Waals surface area contributed by atoms with Crippen molar-refractivity contribution in [3.05, 3.63) is 65.2 Å². The first kappa shape index (κ1) is 20.4. The van der Waals surface area contributed by atoms with Crippen molar-refractivity contribution in [1.82, 2.24) is 5.43 Å². The van der Waals surface area contributed by atoms with Gasteiger partial charge >= 0.3 is 0 Å². The van der Waals surface area contributed by atoms with Gasteiger partial charge in [-0.15, -0.1) is 0 Å². The molecule has 2 N–H and O–H groups in total. The van der Waals surface area contributed by atoms with Crippen molar-refractivity contribution in [1.29, 1.82) is 0 Å². The van der Waals surface area contributed by atoms with E-state index in [2.05, 4.69) is 41.8 Å². The lowest BCUT2D eigenvalue weighted by Gasteiger charge is -2.07. The van der Waals surface area contributed by atoms with E-state index in [1.54, 1.807) is 30.5 Å². The topological polar surface area (TPSA) is 70.6 Å². The predicted molar refractivity (Wildman–Crippen MR) is 110 cm³/mol. The minimum absolute atomic E-state index is 0.0321. The van der Waals surface area contributed by atoms with E-state index in [1.807, 2.05) is 26.0 Å². The molecule has 2 aromatic rings. The molecule has 5 nitrogen and oxygen atoms in total. The van der Waals surface area contributed by atoms with Crippen LogP contribution in [0, 0.1) is 5.92 Å². The largest absolute Gasteiger partial charge is 0.326 e. The highest BCUT2D eigenvalue weighted by molar-refractivity contribution is 5.96. The first-order valence-corrected chi connectivity index (χ1v) is 9.18. The number of anilines is 1. The zero-order valence-corrected chi connectivity index (χ0v) is 16.3. The van der Waals surface area contributed by atoms with Gasteiger partial charge in [0, 0.05) is 17.7 Å². The van der Waals surface area contributed by atoms with E-state index in [-0.39, 0.29) is 11.8 Å². The zero-order chi connectivity index (χ0) is 19.8. The van der Waals surface area contributed by atoms with Gasteiger partial charge in [-0.25, -0.2) is 5.43 Å². The number of nitrogens with one attached hydrogen (secondary N) is 2. The average Bonchev–Trinajstić information content (AvgIpc) is 2.62. The first-order chi connectivity index (χ1) is 12.8. The summed E-state index contributed by atoms with van der Waals surface area (Å²) in [5.74, 6) is 0.448. The highest BCUT2D eigenvalue weighted by atomic mass is 16.2. The molecule has 0 saturated heterocycles. The molecule has 27 heavy (non-hydrogen) atoms. The molecule has 5 heteroatoms. The van der Waals surface area contributed by atoms with E-state index in [9.17, 15) is 9.59 Å². The number of amides is 2. The third-order valence-corrected chi connectivity index (χ3v) is 4.01. The lowest BCUT2D eigenvalue weighted by Crippen LogP contribution is -2.18. The Morgan fingerprint density at radius 2 is 1.59 bits per heavy atom. The van der Waals surface area contributed by atoms with Gasteiger partial charge < -0.3 is 5.32 Å². The fraction of sp³-hybridized carbons (Fsp3) is 0.318. The summed E-state index contributed by atoms with van der Waals surface area (Å²) >= 11 is 0. The Morgan fingerprint density at radius 1 is 0.963 bits per heavy atom. The van der Waals surface area contributed by atoms with Crippen molar-refractivity contribution >= 4 is 23.7 Å². The first-order valence-electron chi connectivity index (χ1n) is 9.18. The number of benzene rings is 2. The molecule has 0 radical (unpaired) electrons. The van der Waals surface area contributed by atoms with E-state index < -0.39 is 0 Å². The fourth-order valence-corrected chi connectivity index (χ4v) is 2.48. The molecule has 0 aliphatic rings. The molecular formula is C22H27N3O2. The van der Waals surface area contributed by atoms with Crippen LogP contribution in [0.15, 0.2) is 53.6 Å². The van der Waals surface area contributed by atoms with Gasteiger partial charge in [-0.2, -0.15) is 5.10 Å². The minimum atomic E-state index is -0.301. The SMILES string of the molecule is CC(C)CC(=O)Nc1ccc(C(=O)NN=Cc2ccc(C(C)C)cc2)cc1. The molecule has 142 valence electrons. The fourth-order valence-electron chi connectivity index (χ4n) is 2.48. The van der Waals surface area contributed by atoms with Crippen LogP contribution >= 0.6 is 0 Å². The van der Waals surface area contributed by atoms with Crippen LogP contribution in [-0.2, 0) is 4.79 Å². The molecule has 0 aliphatic heterocycles. The van der Waals surface area contributed by atoms with Crippen LogP contribution in [0.2, 0.25) is 0 Å². The predicted octanol–water partition coefficient (Wildman–Crippen LogP) is 4.56. The molecule has 0 aromatic heterocycles. The van der Waals surface area contributed by atoms with Crippen LogP contribution in [0.3, 0.4) is 0 Å². The van der Waals surface area contributed by atoms with E-state index in [0.29, 0.717) is 29.5 Å².